The summed E-state index contributed by atoms with van der Waals surface area (Å²) in [5.74, 6) is 1.37. The number of hydrogen-bond donors (Lipinski definition) is 1. The van der Waals surface area contributed by atoms with Gasteiger partial charge >= 0.3 is 0 Å². The van der Waals surface area contributed by atoms with Crippen LogP contribution in [0.4, 0.5) is 5.69 Å². The fraction of sp³-hybridized carbons (Fsp3) is 0.381. The Bertz CT molecular complexity index is 745. The lowest BCUT2D eigenvalue weighted by atomic mass is 10.1. The predicted molar refractivity (Wildman–Crippen MR) is 108 cm³/mol. The third-order valence-electron chi connectivity index (χ3n) is 4.28. The maximum absolute atomic E-state index is 12.3. The molecule has 0 aliphatic rings. The van der Waals surface area contributed by atoms with Gasteiger partial charge in [-0.2, -0.15) is 0 Å². The first-order valence-corrected chi connectivity index (χ1v) is 8.86. The molecular formula is C21H29N3O3. The molecule has 0 aromatic heterocycles. The molecule has 2 aromatic rings. The van der Waals surface area contributed by atoms with Crippen molar-refractivity contribution in [3.05, 3.63) is 53.6 Å². The number of hydrogen-bond acceptors (Lipinski definition) is 5. The van der Waals surface area contributed by atoms with E-state index in [-0.39, 0.29) is 5.91 Å². The molecule has 2 aromatic carbocycles. The van der Waals surface area contributed by atoms with Crippen molar-refractivity contribution < 1.29 is 14.3 Å². The van der Waals surface area contributed by atoms with Crippen molar-refractivity contribution in [1.82, 2.24) is 10.2 Å². The topological polar surface area (TPSA) is 54.0 Å². The molecule has 146 valence electrons. The molecule has 0 aliphatic carbocycles. The zero-order valence-corrected chi connectivity index (χ0v) is 16.8. The molecule has 1 amide bonds. The Labute approximate surface area is 161 Å². The number of amides is 1. The van der Waals surface area contributed by atoms with Gasteiger partial charge in [0.1, 0.15) is 0 Å². The molecule has 0 radical (unpaired) electrons. The van der Waals surface area contributed by atoms with E-state index in [9.17, 15) is 4.79 Å². The van der Waals surface area contributed by atoms with E-state index in [1.807, 2.05) is 73.4 Å². The number of ether oxygens (including phenoxy) is 2. The maximum atomic E-state index is 12.3. The molecule has 6 heteroatoms. The van der Waals surface area contributed by atoms with Crippen LogP contribution in [0.2, 0.25) is 0 Å². The average molecular weight is 371 g/mol. The van der Waals surface area contributed by atoms with Crippen LogP contribution in [0.1, 0.15) is 11.1 Å². The van der Waals surface area contributed by atoms with Gasteiger partial charge in [0.05, 0.1) is 20.8 Å². The summed E-state index contributed by atoms with van der Waals surface area (Å²) in [6.45, 7) is 1.41. The first-order chi connectivity index (χ1) is 12.9. The van der Waals surface area contributed by atoms with E-state index in [0.29, 0.717) is 31.1 Å². The zero-order valence-electron chi connectivity index (χ0n) is 16.8. The van der Waals surface area contributed by atoms with Crippen LogP contribution in [0, 0.1) is 0 Å². The van der Waals surface area contributed by atoms with E-state index >= 15 is 0 Å². The number of anilines is 1. The molecule has 0 bridgehead atoms. The van der Waals surface area contributed by atoms with Crippen LogP contribution in [0.25, 0.3) is 0 Å². The quantitative estimate of drug-likeness (QED) is 0.734. The molecule has 2 rings (SSSR count). The fourth-order valence-corrected chi connectivity index (χ4v) is 2.84. The minimum absolute atomic E-state index is 0.0175. The van der Waals surface area contributed by atoms with Gasteiger partial charge in [0.2, 0.25) is 5.91 Å². The summed E-state index contributed by atoms with van der Waals surface area (Å²) in [6, 6.07) is 13.9. The summed E-state index contributed by atoms with van der Waals surface area (Å²) in [4.78, 5) is 16.2. The van der Waals surface area contributed by atoms with Crippen molar-refractivity contribution in [3.63, 3.8) is 0 Å². The summed E-state index contributed by atoms with van der Waals surface area (Å²) in [6.07, 6.45) is 0. The monoisotopic (exact) mass is 371 g/mol. The van der Waals surface area contributed by atoms with E-state index in [4.69, 9.17) is 9.47 Å². The lowest BCUT2D eigenvalue weighted by molar-refractivity contribution is -0.122. The standard InChI is InChI=1S/C21H29N3O3/c1-23(2)18-11-9-16(10-12-18)13-22-20(25)15-24(3)14-17-7-6-8-19(26-4)21(17)27-5/h6-12H,13-15H2,1-5H3,(H,22,25). The number of benzene rings is 2. The Morgan fingerprint density at radius 1 is 1.00 bits per heavy atom. The molecule has 0 saturated heterocycles. The van der Waals surface area contributed by atoms with E-state index < -0.39 is 0 Å². The summed E-state index contributed by atoms with van der Waals surface area (Å²) in [7, 11) is 9.15. The number of carbonyl (C=O) groups is 1. The van der Waals surface area contributed by atoms with E-state index in [0.717, 1.165) is 16.8 Å². The molecule has 1 N–H and O–H groups in total. The van der Waals surface area contributed by atoms with Crippen LogP contribution in [0.3, 0.4) is 0 Å². The summed E-state index contributed by atoms with van der Waals surface area (Å²) >= 11 is 0. The van der Waals surface area contributed by atoms with E-state index in [1.54, 1.807) is 14.2 Å². The Morgan fingerprint density at radius 3 is 2.30 bits per heavy atom. The smallest absolute Gasteiger partial charge is 0.234 e. The Hall–Kier alpha value is -2.73. The van der Waals surface area contributed by atoms with Crippen molar-refractivity contribution in [2.75, 3.05) is 46.8 Å². The van der Waals surface area contributed by atoms with Gasteiger partial charge in [0.25, 0.3) is 0 Å². The number of methoxy groups -OCH3 is 2. The van der Waals surface area contributed by atoms with Gasteiger partial charge in [0.15, 0.2) is 11.5 Å². The molecular weight excluding hydrogens is 342 g/mol. The lowest BCUT2D eigenvalue weighted by Crippen LogP contribution is -2.34. The second-order valence-electron chi connectivity index (χ2n) is 6.66. The van der Waals surface area contributed by atoms with E-state index in [1.165, 1.54) is 0 Å². The molecule has 6 nitrogen and oxygen atoms in total. The third kappa shape index (κ3) is 5.89. The Balaban J connectivity index is 1.87. The largest absolute Gasteiger partial charge is 0.493 e. The van der Waals surface area contributed by atoms with E-state index in [2.05, 4.69) is 5.32 Å². The van der Waals surface area contributed by atoms with Crippen molar-refractivity contribution in [1.29, 1.82) is 0 Å². The predicted octanol–water partition coefficient (Wildman–Crippen LogP) is 2.52. The molecule has 27 heavy (non-hydrogen) atoms. The van der Waals surface area contributed by atoms with Crippen LogP contribution in [-0.4, -0.2) is 52.7 Å². The number of nitrogens with zero attached hydrogens (tertiary/aromatic N) is 2. The molecule has 0 aliphatic heterocycles. The van der Waals surface area contributed by atoms with Crippen molar-refractivity contribution in [2.45, 2.75) is 13.1 Å². The average Bonchev–Trinajstić information content (AvgIpc) is 2.66. The minimum Gasteiger partial charge on any atom is -0.493 e. The van der Waals surface area contributed by atoms with Gasteiger partial charge in [-0.3, -0.25) is 9.69 Å². The van der Waals surface area contributed by atoms with Crippen LogP contribution < -0.4 is 19.7 Å². The zero-order chi connectivity index (χ0) is 19.8. The van der Waals surface area contributed by atoms with Gasteiger partial charge in [-0.25, -0.2) is 0 Å². The van der Waals surface area contributed by atoms with Crippen molar-refractivity contribution >= 4 is 11.6 Å². The molecule has 0 atom stereocenters. The highest BCUT2D eigenvalue weighted by Crippen LogP contribution is 2.31. The van der Waals surface area contributed by atoms with Gasteiger partial charge < -0.3 is 19.7 Å². The van der Waals surface area contributed by atoms with Gasteiger partial charge in [0, 0.05) is 38.4 Å². The summed E-state index contributed by atoms with van der Waals surface area (Å²) in [5, 5.41) is 2.97. The molecule has 0 fully saturated rings. The number of likely N-dealkylation sites (N-methyl/N-ethyl adjacent to an activating group) is 1. The Morgan fingerprint density at radius 2 is 1.70 bits per heavy atom. The fourth-order valence-electron chi connectivity index (χ4n) is 2.84. The normalized spacial score (nSPS) is 10.6. The van der Waals surface area contributed by atoms with Crippen LogP contribution in [0.5, 0.6) is 11.5 Å². The second-order valence-corrected chi connectivity index (χ2v) is 6.66. The van der Waals surface area contributed by atoms with Gasteiger partial charge in [-0.1, -0.05) is 24.3 Å². The minimum atomic E-state index is -0.0175. The number of para-hydroxylation sites is 1. The van der Waals surface area contributed by atoms with Gasteiger partial charge in [-0.05, 0) is 30.8 Å². The van der Waals surface area contributed by atoms with Crippen LogP contribution >= 0.6 is 0 Å². The maximum Gasteiger partial charge on any atom is 0.234 e. The lowest BCUT2D eigenvalue weighted by Gasteiger charge is -2.19. The van der Waals surface area contributed by atoms with Crippen molar-refractivity contribution in [3.8, 4) is 11.5 Å². The number of rotatable bonds is 9. The summed E-state index contributed by atoms with van der Waals surface area (Å²) in [5.41, 5.74) is 3.19. The SMILES string of the molecule is COc1cccc(CN(C)CC(=O)NCc2ccc(N(C)C)cc2)c1OC. The highest BCUT2D eigenvalue weighted by molar-refractivity contribution is 5.78. The Kier molecular flexibility index (Phi) is 7.49. The number of nitrogens with one attached hydrogen (secondary N) is 1. The number of carbonyl (C=O) groups excluding carboxylic acids is 1. The molecule has 0 heterocycles. The molecule has 0 saturated carbocycles. The molecule has 0 unspecified atom stereocenters. The highest BCUT2D eigenvalue weighted by Gasteiger charge is 2.13. The first kappa shape index (κ1) is 20.6. The van der Waals surface area contributed by atoms with Gasteiger partial charge in [-0.15, -0.1) is 0 Å². The third-order valence-corrected chi connectivity index (χ3v) is 4.28. The van der Waals surface area contributed by atoms with Crippen LogP contribution in [-0.2, 0) is 17.9 Å². The first-order valence-electron chi connectivity index (χ1n) is 8.86. The van der Waals surface area contributed by atoms with Crippen LogP contribution in [0.15, 0.2) is 42.5 Å². The summed E-state index contributed by atoms with van der Waals surface area (Å²) < 4.78 is 10.8. The molecule has 0 spiro atoms. The second kappa shape index (κ2) is 9.83. The highest BCUT2D eigenvalue weighted by atomic mass is 16.5. The van der Waals surface area contributed by atoms with Crippen molar-refractivity contribution in [2.24, 2.45) is 0 Å².